The van der Waals surface area contributed by atoms with Crippen molar-refractivity contribution in [1.82, 2.24) is 4.90 Å². The number of anilines is 1. The maximum Gasteiger partial charge on any atom is 0.310 e. The van der Waals surface area contributed by atoms with Crippen LogP contribution in [0.3, 0.4) is 0 Å². The summed E-state index contributed by atoms with van der Waals surface area (Å²) in [5, 5.41) is 10.1. The third-order valence-electron chi connectivity index (χ3n) is 7.84. The first kappa shape index (κ1) is 28.7. The number of hydrogen-bond acceptors (Lipinski definition) is 7. The number of aliphatic hydroxyl groups is 1. The molecule has 7 atom stereocenters. The van der Waals surface area contributed by atoms with Crippen molar-refractivity contribution in [3.63, 3.8) is 0 Å². The molecular formula is C28H35BrN2O6S. The Kier molecular flexibility index (Phi) is 8.94. The number of hydrogen-bond donors (Lipinski definition) is 1. The second-order valence-corrected chi connectivity index (χ2v) is 12.6. The van der Waals surface area contributed by atoms with Crippen molar-refractivity contribution in [3.05, 3.63) is 49.6 Å². The van der Waals surface area contributed by atoms with E-state index >= 15 is 0 Å². The monoisotopic (exact) mass is 606 g/mol. The summed E-state index contributed by atoms with van der Waals surface area (Å²) in [5.74, 6) is -1.67. The normalized spacial score (nSPS) is 30.1. The van der Waals surface area contributed by atoms with E-state index in [1.165, 1.54) is 0 Å². The van der Waals surface area contributed by atoms with Crippen LogP contribution in [0, 0.1) is 11.8 Å². The first-order valence-corrected chi connectivity index (χ1v) is 14.7. The number of esters is 1. The van der Waals surface area contributed by atoms with Crippen molar-refractivity contribution in [2.24, 2.45) is 11.8 Å². The van der Waals surface area contributed by atoms with E-state index in [2.05, 4.69) is 29.1 Å². The molecule has 2 amide bonds. The van der Waals surface area contributed by atoms with Crippen LogP contribution < -0.4 is 9.64 Å². The number of carbonyl (C=O) groups excluding carboxylic acids is 3. The summed E-state index contributed by atoms with van der Waals surface area (Å²) in [4.78, 5) is 45.1. The fourth-order valence-corrected chi connectivity index (χ4v) is 9.70. The van der Waals surface area contributed by atoms with Crippen molar-refractivity contribution in [1.29, 1.82) is 0 Å². The lowest BCUT2D eigenvalue weighted by Gasteiger charge is -2.39. The molecule has 0 aliphatic carbocycles. The predicted octanol–water partition coefficient (Wildman–Crippen LogP) is 3.57. The smallest absolute Gasteiger partial charge is 0.310 e. The van der Waals surface area contributed by atoms with Gasteiger partial charge in [0, 0.05) is 22.3 Å². The Labute approximate surface area is 236 Å². The Balaban J connectivity index is 1.78. The molecule has 3 heterocycles. The van der Waals surface area contributed by atoms with E-state index in [1.54, 1.807) is 65.1 Å². The highest BCUT2D eigenvalue weighted by molar-refractivity contribution is 9.09. The molecule has 1 spiro atoms. The van der Waals surface area contributed by atoms with Crippen LogP contribution in [0.25, 0.3) is 0 Å². The zero-order valence-electron chi connectivity index (χ0n) is 21.8. The van der Waals surface area contributed by atoms with Crippen molar-refractivity contribution in [3.8, 4) is 5.75 Å². The molecule has 0 aromatic heterocycles. The molecule has 8 nitrogen and oxygen atoms in total. The van der Waals surface area contributed by atoms with E-state index in [0.717, 1.165) is 0 Å². The molecule has 1 aromatic rings. The fourth-order valence-electron chi connectivity index (χ4n) is 6.12. The van der Waals surface area contributed by atoms with Gasteiger partial charge in [0.2, 0.25) is 5.91 Å². The molecule has 3 saturated heterocycles. The van der Waals surface area contributed by atoms with Crippen LogP contribution in [0.15, 0.2) is 49.6 Å². The highest BCUT2D eigenvalue weighted by Crippen LogP contribution is 2.68. The molecule has 3 aliphatic rings. The van der Waals surface area contributed by atoms with Crippen molar-refractivity contribution in [2.45, 2.75) is 53.1 Å². The number of carbonyl (C=O) groups is 3. The van der Waals surface area contributed by atoms with E-state index < -0.39 is 34.6 Å². The highest BCUT2D eigenvalue weighted by Gasteiger charge is 2.76. The standard InChI is InChI=1S/C28H35BrN2O6S/c1-5-8-14-37-27(35)21-22-25(33)31(17(7-3)16-32)24(28(22)15-20(29)23(21)38-28)26(34)30(13-6-2)18-9-11-19(36-4)12-10-18/h5-6,9-12,17,20-24,32H,1-2,7-8,13-16H2,3-4H3/t17-,20?,21+,22-,23+,24?,28?/m0/s1. The van der Waals surface area contributed by atoms with E-state index in [0.29, 0.717) is 30.7 Å². The third-order valence-corrected chi connectivity index (χ3v) is 11.1. The Hall–Kier alpha value is -2.30. The lowest BCUT2D eigenvalue weighted by molar-refractivity contribution is -0.154. The van der Waals surface area contributed by atoms with Gasteiger partial charge in [-0.3, -0.25) is 14.4 Å². The third kappa shape index (κ3) is 4.69. The van der Waals surface area contributed by atoms with Crippen LogP contribution in [-0.2, 0) is 19.1 Å². The van der Waals surface area contributed by atoms with Crippen LogP contribution in [0.4, 0.5) is 5.69 Å². The maximum atomic E-state index is 14.5. The van der Waals surface area contributed by atoms with Gasteiger partial charge < -0.3 is 24.4 Å². The first-order chi connectivity index (χ1) is 18.3. The fraction of sp³-hybridized carbons (Fsp3) is 0.536. The summed E-state index contributed by atoms with van der Waals surface area (Å²) in [6, 6.07) is 5.74. The predicted molar refractivity (Wildman–Crippen MR) is 152 cm³/mol. The number of benzene rings is 1. The number of likely N-dealkylation sites (tertiary alicyclic amines) is 1. The summed E-state index contributed by atoms with van der Waals surface area (Å²) < 4.78 is 10.0. The lowest BCUT2D eigenvalue weighted by Crippen LogP contribution is -2.58. The Bertz CT molecular complexity index is 1080. The van der Waals surface area contributed by atoms with Crippen molar-refractivity contribution in [2.75, 3.05) is 31.8 Å². The number of ether oxygens (including phenoxy) is 2. The molecule has 38 heavy (non-hydrogen) atoms. The van der Waals surface area contributed by atoms with Crippen molar-refractivity contribution < 1.29 is 29.0 Å². The molecule has 206 valence electrons. The zero-order valence-corrected chi connectivity index (χ0v) is 24.2. The molecule has 0 radical (unpaired) electrons. The van der Waals surface area contributed by atoms with E-state index in [4.69, 9.17) is 9.47 Å². The number of amides is 2. The molecule has 10 heteroatoms. The van der Waals surface area contributed by atoms with Gasteiger partial charge in [0.15, 0.2) is 0 Å². The maximum absolute atomic E-state index is 14.5. The molecule has 1 aromatic carbocycles. The topological polar surface area (TPSA) is 96.4 Å². The second kappa shape index (κ2) is 11.8. The first-order valence-electron chi connectivity index (χ1n) is 12.9. The minimum atomic E-state index is -0.861. The Morgan fingerprint density at radius 2 is 2.03 bits per heavy atom. The van der Waals surface area contributed by atoms with E-state index in [1.807, 2.05) is 6.92 Å². The molecule has 3 fully saturated rings. The van der Waals surface area contributed by atoms with Gasteiger partial charge in [0.05, 0.1) is 42.9 Å². The summed E-state index contributed by atoms with van der Waals surface area (Å²) in [6.45, 7) is 9.55. The number of aliphatic hydroxyl groups excluding tert-OH is 1. The molecule has 2 bridgehead atoms. The summed E-state index contributed by atoms with van der Waals surface area (Å²) in [7, 11) is 1.58. The number of methoxy groups -OCH3 is 1. The van der Waals surface area contributed by atoms with Gasteiger partial charge in [0.1, 0.15) is 11.8 Å². The molecule has 1 N–H and O–H groups in total. The number of thioether (sulfide) groups is 1. The SMILES string of the molecule is C=CCCOC(=O)[C@H]1[C@@H]2SC3(CC2Br)C(C(=O)N(CC=C)c2ccc(OC)cc2)N([C@@H](CC)CO)C(=O)[C@H]13. The second-order valence-electron chi connectivity index (χ2n) is 9.83. The van der Waals surface area contributed by atoms with Gasteiger partial charge >= 0.3 is 5.97 Å². The molecule has 3 unspecified atom stereocenters. The van der Waals surface area contributed by atoms with E-state index in [9.17, 15) is 19.5 Å². The number of halogens is 1. The van der Waals surface area contributed by atoms with Gasteiger partial charge in [-0.1, -0.05) is 35.0 Å². The minimum Gasteiger partial charge on any atom is -0.497 e. The largest absolute Gasteiger partial charge is 0.497 e. The van der Waals surface area contributed by atoms with Crippen molar-refractivity contribution >= 4 is 51.2 Å². The molecule has 0 saturated carbocycles. The number of rotatable bonds is 12. The summed E-state index contributed by atoms with van der Waals surface area (Å²) >= 11 is 5.30. The number of alkyl halides is 1. The average molecular weight is 608 g/mol. The quantitative estimate of drug-likeness (QED) is 0.168. The van der Waals surface area contributed by atoms with Crippen LogP contribution in [0.2, 0.25) is 0 Å². The zero-order chi connectivity index (χ0) is 27.6. The van der Waals surface area contributed by atoms with Crippen LogP contribution in [0.1, 0.15) is 26.2 Å². The van der Waals surface area contributed by atoms with Gasteiger partial charge in [-0.2, -0.15) is 0 Å². The van der Waals surface area contributed by atoms with Crippen LogP contribution >= 0.6 is 27.7 Å². The van der Waals surface area contributed by atoms with Gasteiger partial charge in [0.25, 0.3) is 5.91 Å². The van der Waals surface area contributed by atoms with Crippen LogP contribution in [-0.4, -0.2) is 81.6 Å². The Morgan fingerprint density at radius 1 is 1.32 bits per heavy atom. The average Bonchev–Trinajstić information content (AvgIpc) is 3.51. The molecular weight excluding hydrogens is 572 g/mol. The van der Waals surface area contributed by atoms with Gasteiger partial charge in [-0.05, 0) is 43.5 Å². The highest BCUT2D eigenvalue weighted by atomic mass is 79.9. The number of fused-ring (bicyclic) bond motifs is 1. The lowest BCUT2D eigenvalue weighted by atomic mass is 9.71. The summed E-state index contributed by atoms with van der Waals surface area (Å²) in [6.07, 6.45) is 4.86. The molecule has 4 rings (SSSR count). The van der Waals surface area contributed by atoms with E-state index in [-0.39, 0.29) is 41.6 Å². The summed E-state index contributed by atoms with van der Waals surface area (Å²) in [5.41, 5.74) is 0.647. The van der Waals surface area contributed by atoms with Gasteiger partial charge in [-0.25, -0.2) is 0 Å². The van der Waals surface area contributed by atoms with Gasteiger partial charge in [-0.15, -0.1) is 24.9 Å². The van der Waals surface area contributed by atoms with Crippen LogP contribution in [0.5, 0.6) is 5.75 Å². The number of nitrogens with zero attached hydrogens (tertiary/aromatic N) is 2. The minimum absolute atomic E-state index is 0.0631. The Morgan fingerprint density at radius 3 is 2.61 bits per heavy atom. The molecule has 3 aliphatic heterocycles.